The molecule has 0 spiro atoms. The molecule has 0 radical (unpaired) electrons. The number of nitro groups is 1. The third-order valence-corrected chi connectivity index (χ3v) is 3.25. The summed E-state index contributed by atoms with van der Waals surface area (Å²) in [5.41, 5.74) is 0.164. The number of pyridine rings is 1. The van der Waals surface area contributed by atoms with E-state index in [-0.39, 0.29) is 22.8 Å². The van der Waals surface area contributed by atoms with Crippen molar-refractivity contribution in [2.45, 2.75) is 20.0 Å². The molecule has 1 aromatic heterocycles. The quantitative estimate of drug-likeness (QED) is 0.458. The van der Waals surface area contributed by atoms with Crippen molar-refractivity contribution in [1.29, 1.82) is 0 Å². The average Bonchev–Trinajstić information content (AvgIpc) is 2.62. The second kappa shape index (κ2) is 8.56. The van der Waals surface area contributed by atoms with E-state index in [4.69, 9.17) is 9.47 Å². The van der Waals surface area contributed by atoms with Gasteiger partial charge in [0.25, 0.3) is 11.6 Å². The molecule has 0 aliphatic carbocycles. The van der Waals surface area contributed by atoms with E-state index in [0.717, 1.165) is 0 Å². The van der Waals surface area contributed by atoms with Crippen LogP contribution in [0.4, 0.5) is 11.4 Å². The molecule has 1 amide bonds. The van der Waals surface area contributed by atoms with E-state index >= 15 is 0 Å². The Hall–Kier alpha value is -3.49. The number of esters is 1. The Morgan fingerprint density at radius 1 is 1.31 bits per heavy atom. The van der Waals surface area contributed by atoms with Gasteiger partial charge in [0.15, 0.2) is 6.10 Å². The highest BCUT2D eigenvalue weighted by Gasteiger charge is 2.22. The summed E-state index contributed by atoms with van der Waals surface area (Å²) in [5.74, 6) is -1.27. The number of non-ortho nitro benzene ring substituents is 1. The molecule has 1 aromatic carbocycles. The maximum absolute atomic E-state index is 12.2. The number of amides is 1. The first-order valence-corrected chi connectivity index (χ1v) is 7.76. The molecule has 0 unspecified atom stereocenters. The van der Waals surface area contributed by atoms with Crippen LogP contribution in [-0.4, -0.2) is 34.5 Å². The molecule has 1 heterocycles. The van der Waals surface area contributed by atoms with E-state index in [1.165, 1.54) is 43.5 Å². The standard InChI is InChI=1S/C17H17N3O6/c1-3-25-16-14(8-5-9-18-16)17(22)26-11(2)15(21)19-12-6-4-7-13(10-12)20(23)24/h4-11H,3H2,1-2H3,(H,19,21)/t11-/m0/s1. The molecule has 1 atom stereocenters. The van der Waals surface area contributed by atoms with Crippen molar-refractivity contribution in [3.63, 3.8) is 0 Å². The minimum atomic E-state index is -1.13. The van der Waals surface area contributed by atoms with Crippen LogP contribution in [0.1, 0.15) is 24.2 Å². The monoisotopic (exact) mass is 359 g/mol. The van der Waals surface area contributed by atoms with Crippen molar-refractivity contribution >= 4 is 23.3 Å². The van der Waals surface area contributed by atoms with Gasteiger partial charge in [-0.15, -0.1) is 0 Å². The van der Waals surface area contributed by atoms with Crippen molar-refractivity contribution in [2.75, 3.05) is 11.9 Å². The van der Waals surface area contributed by atoms with Gasteiger partial charge >= 0.3 is 5.97 Å². The molecule has 136 valence electrons. The zero-order valence-corrected chi connectivity index (χ0v) is 14.2. The number of hydrogen-bond acceptors (Lipinski definition) is 7. The maximum Gasteiger partial charge on any atom is 0.344 e. The van der Waals surface area contributed by atoms with Gasteiger partial charge in [0, 0.05) is 24.0 Å². The van der Waals surface area contributed by atoms with Crippen LogP contribution >= 0.6 is 0 Å². The highest BCUT2D eigenvalue weighted by Crippen LogP contribution is 2.19. The van der Waals surface area contributed by atoms with Gasteiger partial charge in [-0.3, -0.25) is 14.9 Å². The minimum absolute atomic E-state index is 0.101. The van der Waals surface area contributed by atoms with Crippen LogP contribution in [0.2, 0.25) is 0 Å². The summed E-state index contributed by atoms with van der Waals surface area (Å²) in [5, 5.41) is 13.2. The van der Waals surface area contributed by atoms with Crippen LogP contribution in [0.25, 0.3) is 0 Å². The number of anilines is 1. The normalized spacial score (nSPS) is 11.3. The first-order valence-electron chi connectivity index (χ1n) is 7.76. The molecule has 1 N–H and O–H groups in total. The first kappa shape index (κ1) is 18.8. The lowest BCUT2D eigenvalue weighted by molar-refractivity contribution is -0.384. The number of hydrogen-bond donors (Lipinski definition) is 1. The molecule has 9 heteroatoms. The van der Waals surface area contributed by atoms with Crippen LogP contribution in [0.3, 0.4) is 0 Å². The van der Waals surface area contributed by atoms with Crippen molar-refractivity contribution < 1.29 is 24.0 Å². The van der Waals surface area contributed by atoms with Gasteiger partial charge in [-0.1, -0.05) is 6.07 Å². The summed E-state index contributed by atoms with van der Waals surface area (Å²) >= 11 is 0. The molecule has 9 nitrogen and oxygen atoms in total. The first-order chi connectivity index (χ1) is 12.4. The Balaban J connectivity index is 2.04. The van der Waals surface area contributed by atoms with Crippen LogP contribution < -0.4 is 10.1 Å². The molecule has 0 saturated carbocycles. The van der Waals surface area contributed by atoms with Gasteiger partial charge in [-0.25, -0.2) is 9.78 Å². The van der Waals surface area contributed by atoms with Crippen LogP contribution in [-0.2, 0) is 9.53 Å². The van der Waals surface area contributed by atoms with Crippen molar-refractivity contribution in [2.24, 2.45) is 0 Å². The number of benzene rings is 1. The summed E-state index contributed by atoms with van der Waals surface area (Å²) in [6, 6.07) is 8.47. The van der Waals surface area contributed by atoms with Crippen molar-refractivity contribution in [1.82, 2.24) is 4.98 Å². The van der Waals surface area contributed by atoms with E-state index in [1.807, 2.05) is 0 Å². The van der Waals surface area contributed by atoms with E-state index in [9.17, 15) is 19.7 Å². The van der Waals surface area contributed by atoms with Gasteiger partial charge < -0.3 is 14.8 Å². The fourth-order valence-electron chi connectivity index (χ4n) is 2.02. The molecule has 0 aliphatic heterocycles. The van der Waals surface area contributed by atoms with E-state index in [2.05, 4.69) is 10.3 Å². The molecule has 2 aromatic rings. The van der Waals surface area contributed by atoms with Gasteiger partial charge in [0.05, 0.1) is 11.5 Å². The maximum atomic E-state index is 12.2. The Kier molecular flexibility index (Phi) is 6.20. The van der Waals surface area contributed by atoms with Crippen molar-refractivity contribution in [3.8, 4) is 5.88 Å². The Labute approximate surface area is 149 Å². The van der Waals surface area contributed by atoms with Crippen LogP contribution in [0, 0.1) is 10.1 Å². The van der Waals surface area contributed by atoms with Crippen molar-refractivity contribution in [3.05, 3.63) is 58.3 Å². The topological polar surface area (TPSA) is 121 Å². The fourth-order valence-corrected chi connectivity index (χ4v) is 2.02. The second-order valence-corrected chi connectivity index (χ2v) is 5.13. The smallest absolute Gasteiger partial charge is 0.344 e. The largest absolute Gasteiger partial charge is 0.477 e. The molecular weight excluding hydrogens is 342 g/mol. The lowest BCUT2D eigenvalue weighted by Gasteiger charge is -2.14. The summed E-state index contributed by atoms with van der Waals surface area (Å²) in [7, 11) is 0. The minimum Gasteiger partial charge on any atom is -0.477 e. The van der Waals surface area contributed by atoms with Gasteiger partial charge in [0.1, 0.15) is 5.56 Å². The van der Waals surface area contributed by atoms with Crippen LogP contribution in [0.15, 0.2) is 42.6 Å². The molecule has 0 fully saturated rings. The summed E-state index contributed by atoms with van der Waals surface area (Å²) in [4.78, 5) is 38.5. The molecule has 2 rings (SSSR count). The van der Waals surface area contributed by atoms with Gasteiger partial charge in [0.2, 0.25) is 5.88 Å². The molecule has 0 bridgehead atoms. The number of nitrogens with zero attached hydrogens (tertiary/aromatic N) is 2. The lowest BCUT2D eigenvalue weighted by Crippen LogP contribution is -2.30. The summed E-state index contributed by atoms with van der Waals surface area (Å²) in [6.45, 7) is 3.46. The number of nitro benzene ring substituents is 1. The highest BCUT2D eigenvalue weighted by molar-refractivity contribution is 5.98. The van der Waals surface area contributed by atoms with E-state index in [0.29, 0.717) is 6.61 Å². The highest BCUT2D eigenvalue weighted by atomic mass is 16.6. The average molecular weight is 359 g/mol. The van der Waals surface area contributed by atoms with Gasteiger partial charge in [-0.05, 0) is 32.0 Å². The Bertz CT molecular complexity index is 824. The third-order valence-electron chi connectivity index (χ3n) is 3.25. The summed E-state index contributed by atoms with van der Waals surface area (Å²) < 4.78 is 10.4. The number of ether oxygens (including phenoxy) is 2. The fraction of sp³-hybridized carbons (Fsp3) is 0.235. The Morgan fingerprint density at radius 3 is 2.77 bits per heavy atom. The number of carbonyl (C=O) groups excluding carboxylic acids is 2. The molecule has 0 saturated heterocycles. The molecular formula is C17H17N3O6. The predicted octanol–water partition coefficient (Wildman–Crippen LogP) is 2.57. The Morgan fingerprint density at radius 2 is 2.08 bits per heavy atom. The second-order valence-electron chi connectivity index (χ2n) is 5.13. The lowest BCUT2D eigenvalue weighted by atomic mass is 10.2. The number of carbonyl (C=O) groups is 2. The predicted molar refractivity (Wildman–Crippen MR) is 92.0 cm³/mol. The third kappa shape index (κ3) is 4.76. The van der Waals surface area contributed by atoms with E-state index in [1.54, 1.807) is 13.0 Å². The zero-order valence-electron chi connectivity index (χ0n) is 14.2. The van der Waals surface area contributed by atoms with Gasteiger partial charge in [-0.2, -0.15) is 0 Å². The molecule has 0 aliphatic rings. The number of rotatable bonds is 7. The SMILES string of the molecule is CCOc1ncccc1C(=O)O[C@@H](C)C(=O)Nc1cccc([N+](=O)[O-])c1. The summed E-state index contributed by atoms with van der Waals surface area (Å²) in [6.07, 6.45) is 0.344. The number of aromatic nitrogens is 1. The van der Waals surface area contributed by atoms with E-state index < -0.39 is 22.9 Å². The zero-order chi connectivity index (χ0) is 19.1. The van der Waals surface area contributed by atoms with Crippen LogP contribution in [0.5, 0.6) is 5.88 Å². The molecule has 26 heavy (non-hydrogen) atoms. The number of nitrogens with one attached hydrogen (secondary N) is 1.